The standard InChI is InChI=1S/C16H17ClN2O4S/c1-2-19(9-24(21)22)14-7-11(17)5-6-12(14)15(20)13-8-18-23-16(13)10-3-4-10/h5-8,10H,2-4,9H2,1H3,(H,21,22). The van der Waals surface area contributed by atoms with Gasteiger partial charge < -0.3 is 14.0 Å². The van der Waals surface area contributed by atoms with Gasteiger partial charge in [-0.3, -0.25) is 4.79 Å². The summed E-state index contributed by atoms with van der Waals surface area (Å²) in [6.45, 7) is 2.31. The maximum atomic E-state index is 13.0. The minimum absolute atomic E-state index is 0.101. The van der Waals surface area contributed by atoms with Gasteiger partial charge in [-0.1, -0.05) is 16.8 Å². The minimum atomic E-state index is -2.02. The Morgan fingerprint density at radius 1 is 1.46 bits per heavy atom. The summed E-state index contributed by atoms with van der Waals surface area (Å²) in [5.74, 6) is 0.562. The summed E-state index contributed by atoms with van der Waals surface area (Å²) in [5.41, 5.74) is 1.39. The first-order valence-electron chi connectivity index (χ1n) is 7.62. The van der Waals surface area contributed by atoms with E-state index < -0.39 is 11.1 Å². The van der Waals surface area contributed by atoms with Crippen molar-refractivity contribution in [2.24, 2.45) is 0 Å². The van der Waals surface area contributed by atoms with Crippen LogP contribution in [0.1, 0.15) is 47.4 Å². The van der Waals surface area contributed by atoms with Crippen molar-refractivity contribution in [2.45, 2.75) is 25.7 Å². The maximum Gasteiger partial charge on any atom is 0.200 e. The van der Waals surface area contributed by atoms with E-state index in [9.17, 15) is 13.6 Å². The van der Waals surface area contributed by atoms with Gasteiger partial charge in [-0.05, 0) is 38.0 Å². The van der Waals surface area contributed by atoms with Crippen molar-refractivity contribution in [1.82, 2.24) is 5.16 Å². The number of halogens is 1. The number of carbonyl (C=O) groups excluding carboxylic acids is 1. The lowest BCUT2D eigenvalue weighted by atomic mass is 10.0. The number of nitrogens with zero attached hydrogens (tertiary/aromatic N) is 2. The van der Waals surface area contributed by atoms with Crippen LogP contribution in [0.3, 0.4) is 0 Å². The predicted molar refractivity (Wildman–Crippen MR) is 92.0 cm³/mol. The molecule has 128 valence electrons. The van der Waals surface area contributed by atoms with Crippen LogP contribution >= 0.6 is 11.6 Å². The molecule has 1 atom stereocenters. The Morgan fingerprint density at radius 3 is 2.83 bits per heavy atom. The molecule has 1 saturated carbocycles. The summed E-state index contributed by atoms with van der Waals surface area (Å²) >= 11 is 4.05. The van der Waals surface area contributed by atoms with E-state index in [0.717, 1.165) is 12.8 Å². The van der Waals surface area contributed by atoms with E-state index in [2.05, 4.69) is 5.16 Å². The lowest BCUT2D eigenvalue weighted by Gasteiger charge is -2.23. The Labute approximate surface area is 147 Å². The van der Waals surface area contributed by atoms with E-state index in [4.69, 9.17) is 16.1 Å². The Balaban J connectivity index is 2.02. The van der Waals surface area contributed by atoms with E-state index in [1.165, 1.54) is 6.20 Å². The fourth-order valence-electron chi connectivity index (χ4n) is 2.63. The average molecular weight is 369 g/mol. The number of rotatable bonds is 7. The van der Waals surface area contributed by atoms with E-state index in [1.54, 1.807) is 23.1 Å². The molecule has 0 saturated heterocycles. The number of hydrogen-bond donors (Lipinski definition) is 1. The van der Waals surface area contributed by atoms with Gasteiger partial charge in [-0.2, -0.15) is 0 Å². The molecule has 1 aliphatic carbocycles. The zero-order chi connectivity index (χ0) is 17.3. The molecule has 2 aromatic rings. The van der Waals surface area contributed by atoms with Crippen LogP contribution in [0.25, 0.3) is 0 Å². The molecule has 6 nitrogen and oxygen atoms in total. The molecule has 0 aliphatic heterocycles. The highest BCUT2D eigenvalue weighted by Crippen LogP contribution is 2.42. The van der Waals surface area contributed by atoms with Crippen LogP contribution in [0.5, 0.6) is 0 Å². The van der Waals surface area contributed by atoms with Gasteiger partial charge in [-0.25, -0.2) is 4.21 Å². The fourth-order valence-corrected chi connectivity index (χ4v) is 3.38. The molecule has 3 rings (SSSR count). The summed E-state index contributed by atoms with van der Waals surface area (Å²) in [7, 11) is 0. The Bertz CT molecular complexity index is 788. The Kier molecular flexibility index (Phi) is 5.03. The number of carbonyl (C=O) groups is 1. The molecule has 1 aliphatic rings. The summed E-state index contributed by atoms with van der Waals surface area (Å²) in [4.78, 5) is 14.6. The van der Waals surface area contributed by atoms with Crippen LogP contribution < -0.4 is 4.90 Å². The van der Waals surface area contributed by atoms with Gasteiger partial charge in [-0.15, -0.1) is 0 Å². The topological polar surface area (TPSA) is 83.6 Å². The second-order valence-corrected chi connectivity index (χ2v) is 7.01. The van der Waals surface area contributed by atoms with Crippen molar-refractivity contribution in [3.63, 3.8) is 0 Å². The van der Waals surface area contributed by atoms with Crippen molar-refractivity contribution >= 4 is 34.2 Å². The van der Waals surface area contributed by atoms with Crippen molar-refractivity contribution in [3.05, 3.63) is 46.3 Å². The van der Waals surface area contributed by atoms with Gasteiger partial charge >= 0.3 is 0 Å². The third-order valence-corrected chi connectivity index (χ3v) is 4.75. The number of anilines is 1. The third kappa shape index (κ3) is 3.53. The van der Waals surface area contributed by atoms with Crippen molar-refractivity contribution in [1.29, 1.82) is 0 Å². The zero-order valence-electron chi connectivity index (χ0n) is 13.1. The van der Waals surface area contributed by atoms with E-state index in [1.807, 2.05) is 6.92 Å². The van der Waals surface area contributed by atoms with E-state index in [-0.39, 0.29) is 17.6 Å². The second kappa shape index (κ2) is 7.04. The highest BCUT2D eigenvalue weighted by Gasteiger charge is 2.33. The summed E-state index contributed by atoms with van der Waals surface area (Å²) in [6.07, 6.45) is 3.43. The molecular weight excluding hydrogens is 352 g/mol. The first kappa shape index (κ1) is 17.1. The molecule has 0 bridgehead atoms. The van der Waals surface area contributed by atoms with Crippen molar-refractivity contribution in [3.8, 4) is 0 Å². The minimum Gasteiger partial charge on any atom is -0.360 e. The number of hydrogen-bond acceptors (Lipinski definition) is 5. The molecule has 1 aromatic carbocycles. The molecule has 24 heavy (non-hydrogen) atoms. The largest absolute Gasteiger partial charge is 0.360 e. The van der Waals surface area contributed by atoms with Crippen LogP contribution in [0.4, 0.5) is 5.69 Å². The van der Waals surface area contributed by atoms with Crippen LogP contribution in [0.2, 0.25) is 5.02 Å². The second-order valence-electron chi connectivity index (χ2n) is 5.68. The molecule has 0 radical (unpaired) electrons. The monoisotopic (exact) mass is 368 g/mol. The van der Waals surface area contributed by atoms with Gasteiger partial charge in [0.25, 0.3) is 0 Å². The molecule has 0 spiro atoms. The lowest BCUT2D eigenvalue weighted by Crippen LogP contribution is -2.28. The fraction of sp³-hybridized carbons (Fsp3) is 0.375. The Hall–Kier alpha value is -1.70. The Morgan fingerprint density at radius 2 is 2.21 bits per heavy atom. The summed E-state index contributed by atoms with van der Waals surface area (Å²) in [6, 6.07) is 4.90. The SMILES string of the molecule is CCN(CS(=O)O)c1cc(Cl)ccc1C(=O)c1cnoc1C1CC1. The quantitative estimate of drug-likeness (QED) is 0.595. The van der Waals surface area contributed by atoms with Gasteiger partial charge in [0, 0.05) is 23.0 Å². The van der Waals surface area contributed by atoms with Crippen LogP contribution in [-0.2, 0) is 11.1 Å². The normalized spacial score (nSPS) is 15.3. The van der Waals surface area contributed by atoms with Crippen LogP contribution in [0, 0.1) is 0 Å². The number of benzene rings is 1. The first-order chi connectivity index (χ1) is 11.5. The molecule has 1 N–H and O–H groups in total. The molecule has 1 fully saturated rings. The van der Waals surface area contributed by atoms with Crippen molar-refractivity contribution in [2.75, 3.05) is 17.3 Å². The summed E-state index contributed by atoms with van der Waals surface area (Å²) < 4.78 is 25.7. The molecule has 0 amide bonds. The summed E-state index contributed by atoms with van der Waals surface area (Å²) in [5, 5.41) is 4.22. The first-order valence-corrected chi connectivity index (χ1v) is 9.27. The average Bonchev–Trinajstić information content (AvgIpc) is 3.28. The number of aromatic nitrogens is 1. The lowest BCUT2D eigenvalue weighted by molar-refractivity contribution is 0.103. The van der Waals surface area contributed by atoms with Crippen LogP contribution in [0.15, 0.2) is 28.9 Å². The zero-order valence-corrected chi connectivity index (χ0v) is 14.6. The third-order valence-electron chi connectivity index (χ3n) is 3.98. The molecule has 8 heteroatoms. The number of ketones is 1. The van der Waals surface area contributed by atoms with E-state index in [0.29, 0.717) is 34.1 Å². The van der Waals surface area contributed by atoms with Gasteiger partial charge in [0.15, 0.2) is 22.6 Å². The van der Waals surface area contributed by atoms with Gasteiger partial charge in [0.1, 0.15) is 5.88 Å². The molecule has 1 heterocycles. The molecule has 1 unspecified atom stereocenters. The predicted octanol–water partition coefficient (Wildman–Crippen LogP) is 3.44. The van der Waals surface area contributed by atoms with Gasteiger partial charge in [0.2, 0.25) is 0 Å². The van der Waals surface area contributed by atoms with E-state index >= 15 is 0 Å². The van der Waals surface area contributed by atoms with Crippen molar-refractivity contribution < 1.29 is 18.1 Å². The van der Waals surface area contributed by atoms with Crippen LogP contribution in [-0.4, -0.2) is 32.1 Å². The molecule has 1 aromatic heterocycles. The smallest absolute Gasteiger partial charge is 0.200 e. The maximum absolute atomic E-state index is 13.0. The van der Waals surface area contributed by atoms with Gasteiger partial charge in [0.05, 0.1) is 17.4 Å². The highest BCUT2D eigenvalue weighted by molar-refractivity contribution is 7.79. The highest BCUT2D eigenvalue weighted by atomic mass is 35.5. The molecular formula is C16H17ClN2O4S.